The highest BCUT2D eigenvalue weighted by atomic mass is 35.5. The van der Waals surface area contributed by atoms with Crippen LogP contribution < -0.4 is 4.90 Å². The Morgan fingerprint density at radius 1 is 1.13 bits per heavy atom. The summed E-state index contributed by atoms with van der Waals surface area (Å²) in [4.78, 5) is 2.15. The molecule has 0 fully saturated rings. The van der Waals surface area contributed by atoms with Crippen LogP contribution in [0.3, 0.4) is 0 Å². The minimum atomic E-state index is -0.361. The minimum Gasteiger partial charge on any atom is -0.367 e. The third-order valence-corrected chi connectivity index (χ3v) is 2.62. The molecule has 0 spiro atoms. The summed E-state index contributed by atoms with van der Waals surface area (Å²) in [5.41, 5.74) is 0.877. The summed E-state index contributed by atoms with van der Waals surface area (Å²) in [5.74, 6) is -0.361. The van der Waals surface area contributed by atoms with Crippen LogP contribution in [0.15, 0.2) is 18.2 Å². The van der Waals surface area contributed by atoms with Gasteiger partial charge in [-0.2, -0.15) is 0 Å². The number of benzene rings is 1. The Morgan fingerprint density at radius 3 is 2.07 bits per heavy atom. The van der Waals surface area contributed by atoms with Gasteiger partial charge < -0.3 is 4.90 Å². The molecule has 0 heterocycles. The highest BCUT2D eigenvalue weighted by molar-refractivity contribution is 6.30. The molecule has 0 radical (unpaired) electrons. The minimum absolute atomic E-state index is 0.172. The molecule has 1 nitrogen and oxygen atoms in total. The lowest BCUT2D eigenvalue weighted by molar-refractivity contribution is 0.597. The molecule has 0 aliphatic carbocycles. The zero-order chi connectivity index (χ0) is 11.6. The Morgan fingerprint density at radius 2 is 1.67 bits per heavy atom. The van der Waals surface area contributed by atoms with Crippen LogP contribution in [0.1, 0.15) is 27.7 Å². The van der Waals surface area contributed by atoms with Crippen molar-refractivity contribution < 1.29 is 4.39 Å². The van der Waals surface area contributed by atoms with Crippen molar-refractivity contribution in [1.82, 2.24) is 0 Å². The Bertz CT molecular complexity index is 328. The fourth-order valence-electron chi connectivity index (χ4n) is 1.84. The summed E-state index contributed by atoms with van der Waals surface area (Å²) in [6.45, 7) is 8.36. The topological polar surface area (TPSA) is 3.24 Å². The molecular weight excluding hydrogens is 213 g/mol. The number of hydrogen-bond acceptors (Lipinski definition) is 1. The van der Waals surface area contributed by atoms with E-state index in [1.54, 1.807) is 6.07 Å². The van der Waals surface area contributed by atoms with Gasteiger partial charge in [0, 0.05) is 17.8 Å². The first-order valence-corrected chi connectivity index (χ1v) is 5.54. The van der Waals surface area contributed by atoms with Crippen molar-refractivity contribution in [3.05, 3.63) is 29.0 Å². The largest absolute Gasteiger partial charge is 0.367 e. The molecule has 0 aromatic heterocycles. The van der Waals surface area contributed by atoms with Crippen LogP contribution >= 0.6 is 11.6 Å². The van der Waals surface area contributed by atoms with Crippen LogP contribution in [0.5, 0.6) is 0 Å². The van der Waals surface area contributed by atoms with E-state index in [1.165, 1.54) is 6.07 Å². The standard InChI is InChI=1S/C12H17ClFN/c1-8(2)15(9(3)4)10-5-6-11(13)12(14)7-10/h5-9H,1-4H3. The second-order valence-corrected chi connectivity index (χ2v) is 4.60. The van der Waals surface area contributed by atoms with E-state index in [1.807, 2.05) is 6.07 Å². The van der Waals surface area contributed by atoms with Gasteiger partial charge in [-0.25, -0.2) is 4.39 Å². The van der Waals surface area contributed by atoms with E-state index in [0.717, 1.165) is 5.69 Å². The number of halogens is 2. The van der Waals surface area contributed by atoms with Crippen molar-refractivity contribution in [2.24, 2.45) is 0 Å². The highest BCUT2D eigenvalue weighted by Gasteiger charge is 2.15. The molecule has 0 amide bonds. The van der Waals surface area contributed by atoms with Gasteiger partial charge in [0.1, 0.15) is 5.82 Å². The van der Waals surface area contributed by atoms with E-state index in [4.69, 9.17) is 11.6 Å². The van der Waals surface area contributed by atoms with Crippen LogP contribution in [-0.4, -0.2) is 12.1 Å². The second-order valence-electron chi connectivity index (χ2n) is 4.19. The molecule has 0 atom stereocenters. The fraction of sp³-hybridized carbons (Fsp3) is 0.500. The smallest absolute Gasteiger partial charge is 0.143 e. The average Bonchev–Trinajstić information content (AvgIpc) is 2.10. The molecular formula is C12H17ClFN. The van der Waals surface area contributed by atoms with Crippen LogP contribution in [0.2, 0.25) is 5.02 Å². The molecule has 15 heavy (non-hydrogen) atoms. The highest BCUT2D eigenvalue weighted by Crippen LogP contribution is 2.24. The lowest BCUT2D eigenvalue weighted by Gasteiger charge is -2.33. The summed E-state index contributed by atoms with van der Waals surface area (Å²) < 4.78 is 13.3. The predicted octanol–water partition coefficient (Wildman–Crippen LogP) is 4.10. The Kier molecular flexibility index (Phi) is 3.97. The molecule has 0 bridgehead atoms. The summed E-state index contributed by atoms with van der Waals surface area (Å²) >= 11 is 5.65. The first kappa shape index (κ1) is 12.3. The number of anilines is 1. The number of nitrogens with zero attached hydrogens (tertiary/aromatic N) is 1. The summed E-state index contributed by atoms with van der Waals surface area (Å²) in [5, 5.41) is 0.172. The zero-order valence-electron chi connectivity index (χ0n) is 9.59. The van der Waals surface area contributed by atoms with E-state index in [2.05, 4.69) is 32.6 Å². The Labute approximate surface area is 95.8 Å². The molecule has 0 aliphatic rings. The van der Waals surface area contributed by atoms with Crippen molar-refractivity contribution in [2.75, 3.05) is 4.90 Å². The molecule has 1 aromatic carbocycles. The predicted molar refractivity (Wildman–Crippen MR) is 64.2 cm³/mol. The van der Waals surface area contributed by atoms with E-state index >= 15 is 0 Å². The van der Waals surface area contributed by atoms with Crippen LogP contribution in [0, 0.1) is 5.82 Å². The van der Waals surface area contributed by atoms with Gasteiger partial charge in [-0.05, 0) is 45.9 Å². The normalized spacial score (nSPS) is 11.2. The van der Waals surface area contributed by atoms with Crippen molar-refractivity contribution in [3.8, 4) is 0 Å². The van der Waals surface area contributed by atoms with Gasteiger partial charge in [0.05, 0.1) is 5.02 Å². The van der Waals surface area contributed by atoms with Gasteiger partial charge >= 0.3 is 0 Å². The van der Waals surface area contributed by atoms with E-state index in [-0.39, 0.29) is 10.8 Å². The fourth-order valence-corrected chi connectivity index (χ4v) is 1.96. The molecule has 84 valence electrons. The van der Waals surface area contributed by atoms with Crippen molar-refractivity contribution >= 4 is 17.3 Å². The summed E-state index contributed by atoms with van der Waals surface area (Å²) in [6, 6.07) is 5.62. The van der Waals surface area contributed by atoms with Gasteiger partial charge in [-0.1, -0.05) is 11.6 Å². The maximum atomic E-state index is 13.3. The third kappa shape index (κ3) is 2.85. The summed E-state index contributed by atoms with van der Waals surface area (Å²) in [7, 11) is 0. The van der Waals surface area contributed by atoms with Crippen molar-refractivity contribution in [1.29, 1.82) is 0 Å². The van der Waals surface area contributed by atoms with Gasteiger partial charge in [0.15, 0.2) is 0 Å². The lowest BCUT2D eigenvalue weighted by Crippen LogP contribution is -2.36. The monoisotopic (exact) mass is 229 g/mol. The molecule has 0 N–H and O–H groups in total. The average molecular weight is 230 g/mol. The molecule has 0 unspecified atom stereocenters. The second kappa shape index (κ2) is 4.84. The number of hydrogen-bond donors (Lipinski definition) is 0. The van der Waals surface area contributed by atoms with Gasteiger partial charge in [0.25, 0.3) is 0 Å². The maximum absolute atomic E-state index is 13.3. The SMILES string of the molecule is CC(C)N(c1ccc(Cl)c(F)c1)C(C)C. The third-order valence-electron chi connectivity index (χ3n) is 2.31. The maximum Gasteiger partial charge on any atom is 0.143 e. The molecule has 1 rings (SSSR count). The van der Waals surface area contributed by atoms with Gasteiger partial charge in [-0.3, -0.25) is 0 Å². The van der Waals surface area contributed by atoms with Gasteiger partial charge in [0.2, 0.25) is 0 Å². The van der Waals surface area contributed by atoms with Gasteiger partial charge in [-0.15, -0.1) is 0 Å². The molecule has 0 saturated carbocycles. The van der Waals surface area contributed by atoms with E-state index in [0.29, 0.717) is 12.1 Å². The Hall–Kier alpha value is -0.760. The van der Waals surface area contributed by atoms with Crippen LogP contribution in [0.25, 0.3) is 0 Å². The number of rotatable bonds is 3. The first-order chi connectivity index (χ1) is 6.93. The molecule has 3 heteroatoms. The van der Waals surface area contributed by atoms with Crippen LogP contribution in [-0.2, 0) is 0 Å². The van der Waals surface area contributed by atoms with Crippen molar-refractivity contribution in [2.45, 2.75) is 39.8 Å². The van der Waals surface area contributed by atoms with E-state index < -0.39 is 0 Å². The first-order valence-electron chi connectivity index (χ1n) is 5.17. The van der Waals surface area contributed by atoms with Crippen LogP contribution in [0.4, 0.5) is 10.1 Å². The van der Waals surface area contributed by atoms with E-state index in [9.17, 15) is 4.39 Å². The molecule has 0 aliphatic heterocycles. The molecule has 0 saturated heterocycles. The summed E-state index contributed by atoms with van der Waals surface area (Å²) in [6.07, 6.45) is 0. The zero-order valence-corrected chi connectivity index (χ0v) is 10.3. The quantitative estimate of drug-likeness (QED) is 0.754. The van der Waals surface area contributed by atoms with Crippen molar-refractivity contribution in [3.63, 3.8) is 0 Å². The lowest BCUT2D eigenvalue weighted by atomic mass is 10.2. The Balaban J connectivity index is 3.07. The molecule has 1 aromatic rings.